The summed E-state index contributed by atoms with van der Waals surface area (Å²) in [6, 6.07) is 42.1. The Morgan fingerprint density at radius 2 is 1.45 bits per heavy atom. The number of ketones is 1. The molecule has 10 rings (SSSR count). The predicted molar refractivity (Wildman–Crippen MR) is 414 cm³/mol. The number of aromatic nitrogens is 1. The summed E-state index contributed by atoms with van der Waals surface area (Å²) in [6.07, 6.45) is 20.9. The number of carboxylic acids is 1. The minimum Gasteiger partial charge on any atom is -0.495 e. The van der Waals surface area contributed by atoms with Gasteiger partial charge in [0.2, 0.25) is 5.95 Å². The number of thiazole rings is 1. The molecule has 0 bridgehead atoms. The number of aryl methyl sites for hydroxylation is 7. The second kappa shape index (κ2) is 41.2. The first-order valence-electron chi connectivity index (χ1n) is 37.0. The minimum absolute atomic E-state index is 0.0441. The van der Waals surface area contributed by atoms with Crippen LogP contribution in [0.1, 0.15) is 219 Å². The number of hydrogen-bond donors (Lipinski definition) is 3. The van der Waals surface area contributed by atoms with Crippen LogP contribution in [0.3, 0.4) is 0 Å². The molecule has 18 heteroatoms. The molecule has 2 aromatic heterocycles. The highest BCUT2D eigenvalue weighted by Gasteiger charge is 2.36. The molecule has 13 nitrogen and oxygen atoms in total. The van der Waals surface area contributed by atoms with Crippen molar-refractivity contribution in [3.05, 3.63) is 219 Å². The van der Waals surface area contributed by atoms with Crippen LogP contribution in [-0.2, 0) is 80.8 Å². The molecule has 3 aliphatic rings. The number of thiophene rings is 1. The van der Waals surface area contributed by atoms with Crippen molar-refractivity contribution < 1.29 is 57.8 Å². The van der Waals surface area contributed by atoms with E-state index in [0.29, 0.717) is 84.7 Å². The number of ether oxygens (including phenoxy) is 4. The molecule has 104 heavy (non-hydrogen) atoms. The number of methoxy groups -OCH3 is 3. The second-order valence-corrected chi connectivity index (χ2v) is 32.0. The van der Waals surface area contributed by atoms with Gasteiger partial charge in [0, 0.05) is 46.1 Å². The quantitative estimate of drug-likeness (QED) is 0.0195. The molecule has 2 saturated carbocycles. The Balaban J connectivity index is 0.000000198. The lowest BCUT2D eigenvalue weighted by Gasteiger charge is -2.26. The number of carbonyl (C=O) groups is 4. The van der Waals surface area contributed by atoms with Gasteiger partial charge in [0.25, 0.3) is 0 Å². The topological polar surface area (TPSA) is 203 Å². The standard InChI is InChI=1S/C30H33ClO4S.C29H35NO4.C27H37ClFNO3S/c1-30(2,22-7-5-4-6-8-22)23-13-9-20(10-14-23)11-15-25-21(12-16-26(25)31)18-35-19-24-17-27(34-3)28(36-24)29(32)33;1-19-14-21(15-20(2)26(19)12-13-31)5-9-27-24(7-10-28(27)32)17-22-4-6-25(18-30)23(16-22)8-11-29(33)34-3;1-3-4-5-11-23(31)20-10-6-8-18(17-20)13-15-21-19(14-16-22(21)28)9-7-12-24-30-26(29)25(34-24)27(32)33-2/h4-10,13-14,16-17,21,25H,11-12,15,18-19H2,1-3H3,(H,32,33);4,6,14-16,24,27,31H,5,7-13,17H2,1-3H3;6,8,10,17,19,21-23,31H,3-5,7,9,11-16H2,1-2H3/t21-,25-;24-,27-;19-,21+,22?,23?/m110/s1. The maximum Gasteiger partial charge on any atom is 0.352 e. The molecular formula is C86H105Cl2FN2O11S2. The third kappa shape index (κ3) is 23.5. The van der Waals surface area contributed by atoms with Crippen molar-refractivity contribution in [2.45, 2.75) is 199 Å². The van der Waals surface area contributed by atoms with Crippen molar-refractivity contribution in [1.29, 1.82) is 5.26 Å². The number of nitriles is 1. The van der Waals surface area contributed by atoms with Crippen LogP contribution in [0.4, 0.5) is 4.39 Å². The van der Waals surface area contributed by atoms with Gasteiger partial charge in [-0.1, -0.05) is 161 Å². The molecule has 3 aliphatic carbocycles. The Labute approximate surface area is 633 Å². The first kappa shape index (κ1) is 82.6. The van der Waals surface area contributed by atoms with E-state index >= 15 is 0 Å². The second-order valence-electron chi connectivity index (χ2n) is 28.7. The molecule has 3 N–H and O–H groups in total. The summed E-state index contributed by atoms with van der Waals surface area (Å²) in [5.41, 5.74) is 13.6. The van der Waals surface area contributed by atoms with Crippen LogP contribution < -0.4 is 4.74 Å². The van der Waals surface area contributed by atoms with E-state index in [1.807, 2.05) is 30.3 Å². The molecule has 0 aliphatic heterocycles. The molecular weight excluding hydrogens is 1390 g/mol. The third-order valence-corrected chi connectivity index (χ3v) is 24.6. The monoisotopic (exact) mass is 1490 g/mol. The molecule has 0 amide bonds. The molecule has 0 radical (unpaired) electrons. The Morgan fingerprint density at radius 1 is 0.740 bits per heavy atom. The average Bonchev–Trinajstić information content (AvgIpc) is 1.35. The van der Waals surface area contributed by atoms with E-state index < -0.39 is 17.9 Å². The molecule has 0 saturated heterocycles. The van der Waals surface area contributed by atoms with Crippen LogP contribution in [-0.4, -0.2) is 83.9 Å². The summed E-state index contributed by atoms with van der Waals surface area (Å²) in [4.78, 5) is 52.1. The number of hydrogen-bond acceptors (Lipinski definition) is 14. The summed E-state index contributed by atoms with van der Waals surface area (Å²) in [7, 11) is 4.09. The van der Waals surface area contributed by atoms with Crippen LogP contribution in [0.25, 0.3) is 0 Å². The number of unbranched alkanes of at least 4 members (excludes halogenated alkanes) is 2. The fraction of sp³-hybridized carbons (Fsp3) is 0.488. The number of carbonyl (C=O) groups excluding carboxylic acids is 3. The molecule has 2 heterocycles. The molecule has 558 valence electrons. The van der Waals surface area contributed by atoms with E-state index in [4.69, 9.17) is 37.4 Å². The summed E-state index contributed by atoms with van der Waals surface area (Å²) < 4.78 is 34.4. The van der Waals surface area contributed by atoms with Crippen molar-refractivity contribution in [2.75, 3.05) is 34.5 Å². The number of aliphatic hydroxyl groups is 2. The highest BCUT2D eigenvalue weighted by Crippen LogP contribution is 2.43. The van der Waals surface area contributed by atoms with Crippen molar-refractivity contribution >= 4 is 69.6 Å². The number of aromatic carboxylic acids is 1. The van der Waals surface area contributed by atoms with Gasteiger partial charge in [-0.3, -0.25) is 9.59 Å². The lowest BCUT2D eigenvalue weighted by molar-refractivity contribution is -0.140. The van der Waals surface area contributed by atoms with Gasteiger partial charge < -0.3 is 34.3 Å². The van der Waals surface area contributed by atoms with E-state index in [2.05, 4.69) is 135 Å². The lowest BCUT2D eigenvalue weighted by atomic mass is 9.78. The highest BCUT2D eigenvalue weighted by atomic mass is 35.5. The van der Waals surface area contributed by atoms with Crippen molar-refractivity contribution in [2.24, 2.45) is 35.5 Å². The number of alkyl halides is 1. The number of halogens is 3. The number of esters is 2. The van der Waals surface area contributed by atoms with Crippen LogP contribution in [0.15, 0.2) is 126 Å². The number of aliphatic hydroxyl groups excluding tert-OH is 2. The van der Waals surface area contributed by atoms with Gasteiger partial charge in [-0.15, -0.1) is 34.3 Å². The van der Waals surface area contributed by atoms with Crippen molar-refractivity contribution in [3.63, 3.8) is 0 Å². The first-order chi connectivity index (χ1) is 50.1. The molecule has 5 aromatic carbocycles. The van der Waals surface area contributed by atoms with Gasteiger partial charge in [0.05, 0.1) is 57.3 Å². The van der Waals surface area contributed by atoms with Gasteiger partial charge >= 0.3 is 17.9 Å². The van der Waals surface area contributed by atoms with Crippen LogP contribution in [0, 0.1) is 66.6 Å². The molecule has 2 fully saturated rings. The largest absolute Gasteiger partial charge is 0.495 e. The van der Waals surface area contributed by atoms with E-state index in [9.17, 15) is 44.2 Å². The SMILES string of the molecule is CCCCCC(O)c1cccc(CC[C@H]2C(Cl)CC[C@@H]2CCCc2nc(F)c(C(=O)OC)s2)c1.COC(=O)CCc1cc(C[C@H]2CCC(=O)[C@@H]2CCc2cc(C)c(CCO)c(C)c2)ccc1C#N.COc1cc(COC[C@H]2CC=C(Cl)[C@@H]2CCc2ccc(C(C)(C)c3ccccc3)cc2)sc1C(=O)O. The first-order valence-corrected chi connectivity index (χ1v) is 39.5. The van der Waals surface area contributed by atoms with Crippen molar-refractivity contribution in [1.82, 2.24) is 4.98 Å². The van der Waals surface area contributed by atoms with Crippen LogP contribution >= 0.6 is 45.9 Å². The third-order valence-electron chi connectivity index (χ3n) is 21.4. The van der Waals surface area contributed by atoms with Gasteiger partial charge in [0.15, 0.2) is 9.75 Å². The van der Waals surface area contributed by atoms with Gasteiger partial charge in [-0.25, -0.2) is 14.6 Å². The maximum absolute atomic E-state index is 13.9. The normalized spacial score (nSPS) is 18.8. The Hall–Kier alpha value is -7.07. The molecule has 7 aromatic rings. The van der Waals surface area contributed by atoms with E-state index in [1.165, 1.54) is 77.2 Å². The number of rotatable bonds is 34. The predicted octanol–water partition coefficient (Wildman–Crippen LogP) is 19.5. The zero-order valence-corrected chi connectivity index (χ0v) is 64.9. The minimum atomic E-state index is -0.980. The number of nitrogens with zero attached hydrogens (tertiary/aromatic N) is 2. The smallest absolute Gasteiger partial charge is 0.352 e. The van der Waals surface area contributed by atoms with Crippen LogP contribution in [0.5, 0.6) is 5.75 Å². The van der Waals surface area contributed by atoms with E-state index in [0.717, 1.165) is 147 Å². The number of carboxylic acid groups (broad SMARTS) is 1. The Morgan fingerprint density at radius 3 is 2.13 bits per heavy atom. The zero-order valence-electron chi connectivity index (χ0n) is 61.8. The van der Waals surface area contributed by atoms with E-state index in [-0.39, 0.29) is 57.5 Å². The number of benzene rings is 5. The number of allylic oxidation sites excluding steroid dienone is 2. The molecule has 0 spiro atoms. The summed E-state index contributed by atoms with van der Waals surface area (Å²) in [5, 5.41) is 40.3. The summed E-state index contributed by atoms with van der Waals surface area (Å²) >= 11 is 15.6. The zero-order chi connectivity index (χ0) is 74.9. The van der Waals surface area contributed by atoms with Crippen LogP contribution in [0.2, 0.25) is 0 Å². The summed E-state index contributed by atoms with van der Waals surface area (Å²) in [6.45, 7) is 12.0. The fourth-order valence-corrected chi connectivity index (χ4v) is 18.0. The Kier molecular flexibility index (Phi) is 32.7. The fourth-order valence-electron chi connectivity index (χ4n) is 15.4. The number of Topliss-reactive ketones (excluding diaryl/α,β-unsaturated/α-hetero) is 1. The lowest BCUT2D eigenvalue weighted by Crippen LogP contribution is -2.19. The average molecular weight is 1500 g/mol. The highest BCUT2D eigenvalue weighted by molar-refractivity contribution is 7.14. The summed E-state index contributed by atoms with van der Waals surface area (Å²) in [5.74, 6) is 0.0306. The van der Waals surface area contributed by atoms with Crippen molar-refractivity contribution in [3.8, 4) is 11.8 Å². The van der Waals surface area contributed by atoms with Gasteiger partial charge in [-0.2, -0.15) is 9.65 Å². The Bertz CT molecular complexity index is 3990. The van der Waals surface area contributed by atoms with Gasteiger partial charge in [0.1, 0.15) is 11.5 Å². The van der Waals surface area contributed by atoms with Gasteiger partial charge in [-0.05, 0) is 226 Å². The maximum atomic E-state index is 13.9. The molecule has 8 atom stereocenters. The van der Waals surface area contributed by atoms with E-state index in [1.54, 1.807) is 6.07 Å². The molecule has 2 unspecified atom stereocenters.